The van der Waals surface area contributed by atoms with Gasteiger partial charge in [-0.25, -0.2) is 24.9 Å². The van der Waals surface area contributed by atoms with Gasteiger partial charge in [0.05, 0.1) is 50.5 Å². The van der Waals surface area contributed by atoms with Crippen LogP contribution in [0.2, 0.25) is 0 Å². The minimum Gasteiger partial charge on any atom is -0.261 e. The number of benzene rings is 7. The van der Waals surface area contributed by atoms with E-state index in [1.807, 2.05) is 253 Å². The monoisotopic (exact) mass is 1520 g/mol. The zero-order valence-corrected chi connectivity index (χ0v) is 75.3. The summed E-state index contributed by atoms with van der Waals surface area (Å²) < 4.78 is 0. The molecular formula is C100H137N13. The van der Waals surface area contributed by atoms with Crippen molar-refractivity contribution in [2.45, 2.75) is 228 Å². The van der Waals surface area contributed by atoms with Gasteiger partial charge in [0.25, 0.3) is 0 Å². The van der Waals surface area contributed by atoms with Crippen molar-refractivity contribution in [2.24, 2.45) is 0 Å². The number of hydrogen-bond donors (Lipinski definition) is 0. The fraction of sp³-hybridized carbons (Fsp3) is 0.330. The van der Waals surface area contributed by atoms with Crippen molar-refractivity contribution >= 4 is 54.4 Å². The SMILES string of the molecule is CC.CC.CC.CC.CC.CC.CC.Cc1ccc(C)cc1.Cc1ccc(C)nc1.Cc1ccc(C)nn1.Cc1ccc2cc(C)ncc2c1.Cc1ccc2ccccc2c1.Cc1ccc2nc(C)ccc2c1.Cc1ccc2nc(C)cnc2c1.Cc1ccc2nc(C)ncc2c1.Cc1cnc(C)cn1.Cc1cnc(C)nc1. The summed E-state index contributed by atoms with van der Waals surface area (Å²) in [5, 5.41) is 15.1. The summed E-state index contributed by atoms with van der Waals surface area (Å²) in [5.41, 5.74) is 23.5. The molecule has 0 bridgehead atoms. The van der Waals surface area contributed by atoms with E-state index in [1.54, 1.807) is 18.6 Å². The molecule has 0 aliphatic rings. The molecule has 15 aromatic rings. The van der Waals surface area contributed by atoms with Crippen LogP contribution in [0.1, 0.15) is 204 Å². The second-order valence-corrected chi connectivity index (χ2v) is 24.7. The Bertz CT molecular complexity index is 4070. The number of pyridine rings is 3. The molecule has 0 fully saturated rings. The van der Waals surface area contributed by atoms with Gasteiger partial charge in [0.2, 0.25) is 0 Å². The summed E-state index contributed by atoms with van der Waals surface area (Å²) in [5.74, 6) is 1.65. The van der Waals surface area contributed by atoms with Gasteiger partial charge >= 0.3 is 0 Å². The van der Waals surface area contributed by atoms with Crippen LogP contribution in [0.3, 0.4) is 0 Å². The first-order valence-electron chi connectivity index (χ1n) is 40.1. The van der Waals surface area contributed by atoms with Gasteiger partial charge in [-0.1, -0.05) is 240 Å². The van der Waals surface area contributed by atoms with Gasteiger partial charge in [-0.15, -0.1) is 0 Å². The molecule has 0 saturated heterocycles. The maximum absolute atomic E-state index is 4.42. The number of rotatable bonds is 0. The minimum atomic E-state index is 0.825. The van der Waals surface area contributed by atoms with Crippen LogP contribution >= 0.6 is 0 Å². The second-order valence-electron chi connectivity index (χ2n) is 24.7. The molecule has 0 spiro atoms. The highest BCUT2D eigenvalue weighted by atomic mass is 15.1. The third kappa shape index (κ3) is 45.6. The molecule has 0 aliphatic heterocycles. The molecule has 15 rings (SSSR count). The Hall–Kier alpha value is -11.3. The minimum absolute atomic E-state index is 0.825. The molecule has 0 unspecified atom stereocenters. The molecule has 113 heavy (non-hydrogen) atoms. The smallest absolute Gasteiger partial charge is 0.125 e. The van der Waals surface area contributed by atoms with E-state index in [1.165, 1.54) is 71.4 Å². The van der Waals surface area contributed by atoms with Crippen molar-refractivity contribution in [3.63, 3.8) is 0 Å². The molecule has 13 nitrogen and oxygen atoms in total. The molecule has 0 saturated carbocycles. The van der Waals surface area contributed by atoms with Crippen LogP contribution in [0.4, 0.5) is 0 Å². The molecule has 7 aromatic carbocycles. The van der Waals surface area contributed by atoms with E-state index in [4.69, 9.17) is 0 Å². The molecule has 0 atom stereocenters. The van der Waals surface area contributed by atoms with Crippen molar-refractivity contribution < 1.29 is 0 Å². The summed E-state index contributed by atoms with van der Waals surface area (Å²) in [4.78, 5) is 45.8. The van der Waals surface area contributed by atoms with Gasteiger partial charge in [-0.3, -0.25) is 29.9 Å². The lowest BCUT2D eigenvalue weighted by atomic mass is 10.1. The summed E-state index contributed by atoms with van der Waals surface area (Å²) in [7, 11) is 0. The number of aryl methyl sites for hydroxylation is 19. The topological polar surface area (TPSA) is 168 Å². The largest absolute Gasteiger partial charge is 0.261 e. The summed E-state index contributed by atoms with van der Waals surface area (Å²) >= 11 is 0. The maximum atomic E-state index is 4.42. The third-order valence-electron chi connectivity index (χ3n) is 14.6. The number of hydrogen-bond acceptors (Lipinski definition) is 13. The molecule has 0 aliphatic carbocycles. The van der Waals surface area contributed by atoms with E-state index in [-0.39, 0.29) is 0 Å². The molecule has 0 radical (unpaired) electrons. The fourth-order valence-electron chi connectivity index (χ4n) is 9.04. The Morgan fingerprint density at radius 2 is 0.496 bits per heavy atom. The second kappa shape index (κ2) is 62.3. The van der Waals surface area contributed by atoms with E-state index >= 15 is 0 Å². The van der Waals surface area contributed by atoms with Crippen molar-refractivity contribution in [3.8, 4) is 0 Å². The van der Waals surface area contributed by atoms with Crippen molar-refractivity contribution in [1.82, 2.24) is 65.0 Å². The van der Waals surface area contributed by atoms with E-state index in [2.05, 4.69) is 253 Å². The highest BCUT2D eigenvalue weighted by Crippen LogP contribution is 2.18. The van der Waals surface area contributed by atoms with Gasteiger partial charge in [0.1, 0.15) is 11.6 Å². The quantitative estimate of drug-likeness (QED) is 0.141. The van der Waals surface area contributed by atoms with Gasteiger partial charge in [-0.2, -0.15) is 10.2 Å². The lowest BCUT2D eigenvalue weighted by molar-refractivity contribution is 0.941. The van der Waals surface area contributed by atoms with Gasteiger partial charge in [0, 0.05) is 82.8 Å². The Balaban J connectivity index is 0. The van der Waals surface area contributed by atoms with E-state index in [0.717, 1.165) is 90.2 Å². The van der Waals surface area contributed by atoms with Crippen LogP contribution in [-0.2, 0) is 0 Å². The van der Waals surface area contributed by atoms with Crippen molar-refractivity contribution in [3.05, 3.63) is 339 Å². The predicted octanol–water partition coefficient (Wildman–Crippen LogP) is 27.8. The Kier molecular flexibility index (Phi) is 57.2. The number of nitrogens with zero attached hydrogens (tertiary/aromatic N) is 13. The lowest BCUT2D eigenvalue weighted by Gasteiger charge is -1.99. The van der Waals surface area contributed by atoms with Crippen LogP contribution in [0.5, 0.6) is 0 Å². The first kappa shape index (κ1) is 104. The zero-order chi connectivity index (χ0) is 85.8. The number of fused-ring (bicyclic) bond motifs is 5. The first-order valence-corrected chi connectivity index (χ1v) is 40.1. The fourth-order valence-corrected chi connectivity index (χ4v) is 9.04. The lowest BCUT2D eigenvalue weighted by Crippen LogP contribution is -1.87. The average Bonchev–Trinajstić information content (AvgIpc) is 0.859. The summed E-state index contributed by atoms with van der Waals surface area (Å²) in [6.45, 7) is 66.1. The molecule has 0 N–H and O–H groups in total. The highest BCUT2D eigenvalue weighted by molar-refractivity contribution is 5.84. The van der Waals surface area contributed by atoms with Crippen molar-refractivity contribution in [2.75, 3.05) is 0 Å². The average molecular weight is 1520 g/mol. The van der Waals surface area contributed by atoms with Crippen LogP contribution < -0.4 is 0 Å². The molecular weight excluding hydrogens is 1380 g/mol. The third-order valence-corrected chi connectivity index (χ3v) is 14.6. The van der Waals surface area contributed by atoms with Crippen molar-refractivity contribution in [1.29, 1.82) is 0 Å². The molecule has 13 heteroatoms. The predicted molar refractivity (Wildman–Crippen MR) is 493 cm³/mol. The molecule has 602 valence electrons. The Morgan fingerprint density at radius 1 is 0.159 bits per heavy atom. The Labute approximate surface area is 682 Å². The molecule has 0 amide bonds. The number of aromatic nitrogens is 13. The zero-order valence-electron chi connectivity index (χ0n) is 75.3. The normalized spacial score (nSPS) is 9.11. The summed E-state index contributed by atoms with van der Waals surface area (Å²) in [6.07, 6.45) is 14.6. The first-order chi connectivity index (χ1) is 54.3. The maximum Gasteiger partial charge on any atom is 0.125 e. The highest BCUT2D eigenvalue weighted by Gasteiger charge is 1.99. The van der Waals surface area contributed by atoms with E-state index < -0.39 is 0 Å². The van der Waals surface area contributed by atoms with E-state index in [9.17, 15) is 0 Å². The van der Waals surface area contributed by atoms with Gasteiger partial charge in [0.15, 0.2) is 0 Å². The van der Waals surface area contributed by atoms with Crippen LogP contribution in [0.25, 0.3) is 54.4 Å². The molecule has 8 aromatic heterocycles. The van der Waals surface area contributed by atoms with Gasteiger partial charge < -0.3 is 0 Å². The van der Waals surface area contributed by atoms with Crippen LogP contribution in [0.15, 0.2) is 232 Å². The summed E-state index contributed by atoms with van der Waals surface area (Å²) in [6, 6.07) is 62.6. The Morgan fingerprint density at radius 3 is 0.973 bits per heavy atom. The van der Waals surface area contributed by atoms with Crippen LogP contribution in [-0.4, -0.2) is 65.0 Å². The van der Waals surface area contributed by atoms with Gasteiger partial charge in [-0.05, 0) is 237 Å². The standard InChI is InChI=1S/2C11H11N.C11H10.2C10H10N2.C8H10.C7H9N.3C6H8N2.7C2H6/c1-8-3-6-11-10(7-8)5-4-9(2)12-11;1-8-3-4-10-6-9(2)12-7-11(10)5-8;1-9-6-7-10-4-2-3-5-11(10)8-9;1-7-3-4-10-9(5-7)6-11-8(2)12-10;1-7-3-4-9-10(5-7)11-6-8(2)12-9;1-7-3-5-8(2)6-4-7;1-6-3-4-7(2)8-5-6;1-5-3-8-6(2)4-7-5;1-5-3-7-6(2)8-4-5;1-5-3-4-6(2)8-7-5;7*1-2/h2*3-7H,1-2H3;2-8H,1H3;2*3-6H,1-2H3;3-6H,1-2H3;3-5H,1-2H3;3*3-4H,1-2H3;7*1-2H3. The van der Waals surface area contributed by atoms with E-state index in [0.29, 0.717) is 0 Å². The molecule has 8 heterocycles. The van der Waals surface area contributed by atoms with Crippen LogP contribution in [0, 0.1) is 132 Å².